The molecule has 0 N–H and O–H groups in total. The van der Waals surface area contributed by atoms with Crippen molar-refractivity contribution in [3.63, 3.8) is 0 Å². The number of anilines is 1. The molecule has 0 unspecified atom stereocenters. The van der Waals surface area contributed by atoms with Gasteiger partial charge in [0.25, 0.3) is 0 Å². The van der Waals surface area contributed by atoms with Crippen LogP contribution in [0.4, 0.5) is 5.69 Å². The standard InChI is InChI=1S/C31H30N2O7/c1-36-25-18-27(37-2)30(31-22(25)9-11-29(35)40-31)23(20-8-10-24-26(16-20)39-19-38-24)17-28(34)33-14-12-32(13-15-33)21-6-4-3-5-7-21/h3-11,16,18,23H,12-15,17,19H2,1-2H3/t23-/m1/s1. The second-order valence-electron chi connectivity index (χ2n) is 9.76. The summed E-state index contributed by atoms with van der Waals surface area (Å²) in [5.41, 5.74) is 2.39. The van der Waals surface area contributed by atoms with Crippen molar-refractivity contribution in [3.8, 4) is 23.0 Å². The average molecular weight is 543 g/mol. The zero-order chi connectivity index (χ0) is 27.6. The molecule has 0 bridgehead atoms. The molecule has 9 heteroatoms. The van der Waals surface area contributed by atoms with E-state index in [4.69, 9.17) is 23.4 Å². The predicted octanol–water partition coefficient (Wildman–Crippen LogP) is 4.41. The Morgan fingerprint density at radius 1 is 0.875 bits per heavy atom. The molecule has 1 saturated heterocycles. The zero-order valence-electron chi connectivity index (χ0n) is 22.4. The summed E-state index contributed by atoms with van der Waals surface area (Å²) < 4.78 is 28.3. The third-order valence-corrected chi connectivity index (χ3v) is 7.59. The molecule has 0 saturated carbocycles. The van der Waals surface area contributed by atoms with Crippen LogP contribution in [-0.4, -0.2) is 58.0 Å². The Hall–Kier alpha value is -4.66. The van der Waals surface area contributed by atoms with Gasteiger partial charge >= 0.3 is 5.63 Å². The average Bonchev–Trinajstić information content (AvgIpc) is 3.47. The summed E-state index contributed by atoms with van der Waals surface area (Å²) in [4.78, 5) is 30.4. The number of carbonyl (C=O) groups is 1. The monoisotopic (exact) mass is 542 g/mol. The molecule has 1 amide bonds. The van der Waals surface area contributed by atoms with Gasteiger partial charge in [-0.3, -0.25) is 4.79 Å². The summed E-state index contributed by atoms with van der Waals surface area (Å²) in [7, 11) is 3.10. The van der Waals surface area contributed by atoms with Crippen molar-refractivity contribution >= 4 is 22.6 Å². The van der Waals surface area contributed by atoms with Crippen molar-refractivity contribution in [2.24, 2.45) is 0 Å². The highest BCUT2D eigenvalue weighted by Gasteiger charge is 2.31. The Balaban J connectivity index is 1.38. The summed E-state index contributed by atoms with van der Waals surface area (Å²) in [6.45, 7) is 2.84. The number of benzene rings is 3. The Morgan fingerprint density at radius 2 is 1.62 bits per heavy atom. The van der Waals surface area contributed by atoms with Crippen LogP contribution in [0.1, 0.15) is 23.5 Å². The second kappa shape index (κ2) is 10.8. The normalized spacial score (nSPS) is 15.2. The third kappa shape index (κ3) is 4.79. The molecule has 0 aliphatic carbocycles. The summed E-state index contributed by atoms with van der Waals surface area (Å²) >= 11 is 0. The van der Waals surface area contributed by atoms with Gasteiger partial charge in [-0.05, 0) is 35.9 Å². The van der Waals surface area contributed by atoms with Gasteiger partial charge in [0.15, 0.2) is 11.5 Å². The molecule has 0 spiro atoms. The topological polar surface area (TPSA) is 90.7 Å². The van der Waals surface area contributed by atoms with E-state index in [2.05, 4.69) is 17.0 Å². The van der Waals surface area contributed by atoms with Gasteiger partial charge in [-0.15, -0.1) is 0 Å². The van der Waals surface area contributed by atoms with Crippen LogP contribution in [0.5, 0.6) is 23.0 Å². The van der Waals surface area contributed by atoms with Crippen molar-refractivity contribution in [2.45, 2.75) is 12.3 Å². The lowest BCUT2D eigenvalue weighted by molar-refractivity contribution is -0.131. The van der Waals surface area contributed by atoms with E-state index in [1.54, 1.807) is 26.4 Å². The molecule has 0 radical (unpaired) electrons. The van der Waals surface area contributed by atoms with E-state index in [-0.39, 0.29) is 19.1 Å². The highest BCUT2D eigenvalue weighted by atomic mass is 16.7. The smallest absolute Gasteiger partial charge is 0.336 e. The SMILES string of the molecule is COc1cc(OC)c2ccc(=O)oc2c1[C@H](CC(=O)N1CCN(c2ccccc2)CC1)c1ccc2c(c1)OCO2. The van der Waals surface area contributed by atoms with E-state index in [9.17, 15) is 9.59 Å². The number of nitrogens with zero attached hydrogens (tertiary/aromatic N) is 2. The fourth-order valence-electron chi connectivity index (χ4n) is 5.54. The summed E-state index contributed by atoms with van der Waals surface area (Å²) in [5.74, 6) is 1.71. The van der Waals surface area contributed by atoms with Gasteiger partial charge in [0.1, 0.15) is 17.1 Å². The number of carbonyl (C=O) groups excluding carboxylic acids is 1. The van der Waals surface area contributed by atoms with Crippen molar-refractivity contribution in [2.75, 3.05) is 52.1 Å². The van der Waals surface area contributed by atoms with Crippen molar-refractivity contribution in [1.29, 1.82) is 0 Å². The Kier molecular flexibility index (Phi) is 6.94. The minimum absolute atomic E-state index is 0.000298. The number of rotatable bonds is 7. The van der Waals surface area contributed by atoms with Crippen LogP contribution in [-0.2, 0) is 4.79 Å². The number of hydrogen-bond donors (Lipinski definition) is 0. The molecular weight excluding hydrogens is 512 g/mol. The number of ether oxygens (including phenoxy) is 4. The lowest BCUT2D eigenvalue weighted by atomic mass is 9.85. The maximum absolute atomic E-state index is 13.9. The van der Waals surface area contributed by atoms with Gasteiger partial charge < -0.3 is 33.2 Å². The van der Waals surface area contributed by atoms with Crippen LogP contribution in [0.2, 0.25) is 0 Å². The van der Waals surface area contributed by atoms with Crippen LogP contribution in [0.15, 0.2) is 75.9 Å². The molecule has 40 heavy (non-hydrogen) atoms. The summed E-state index contributed by atoms with van der Waals surface area (Å²) in [6.07, 6.45) is 0.140. The van der Waals surface area contributed by atoms with Crippen LogP contribution in [0.25, 0.3) is 11.0 Å². The van der Waals surface area contributed by atoms with Gasteiger partial charge in [-0.2, -0.15) is 0 Å². The Labute approximate surface area is 231 Å². The molecule has 1 atom stereocenters. The molecule has 206 valence electrons. The summed E-state index contributed by atoms with van der Waals surface area (Å²) in [5, 5.41) is 0.618. The van der Waals surface area contributed by atoms with E-state index in [0.717, 1.165) is 24.3 Å². The van der Waals surface area contributed by atoms with Crippen LogP contribution in [0, 0.1) is 0 Å². The number of hydrogen-bond acceptors (Lipinski definition) is 8. The van der Waals surface area contributed by atoms with Crippen molar-refractivity contribution < 1.29 is 28.2 Å². The van der Waals surface area contributed by atoms with Gasteiger partial charge in [-0.25, -0.2) is 4.79 Å². The van der Waals surface area contributed by atoms with E-state index >= 15 is 0 Å². The number of piperazine rings is 1. The number of methoxy groups -OCH3 is 2. The van der Waals surface area contributed by atoms with Crippen molar-refractivity contribution in [3.05, 3.63) is 88.3 Å². The first-order valence-corrected chi connectivity index (χ1v) is 13.2. The maximum atomic E-state index is 13.9. The van der Waals surface area contributed by atoms with Crippen LogP contribution in [0.3, 0.4) is 0 Å². The highest BCUT2D eigenvalue weighted by molar-refractivity contribution is 5.90. The first-order chi connectivity index (χ1) is 19.6. The molecular formula is C31H30N2O7. The largest absolute Gasteiger partial charge is 0.496 e. The molecule has 3 aromatic carbocycles. The van der Waals surface area contributed by atoms with Crippen LogP contribution < -0.4 is 29.5 Å². The van der Waals surface area contributed by atoms with Crippen molar-refractivity contribution in [1.82, 2.24) is 4.90 Å². The first-order valence-electron chi connectivity index (χ1n) is 13.2. The van der Waals surface area contributed by atoms with Gasteiger partial charge in [0.2, 0.25) is 12.7 Å². The molecule has 9 nitrogen and oxygen atoms in total. The fraction of sp³-hybridized carbons (Fsp3) is 0.290. The third-order valence-electron chi connectivity index (χ3n) is 7.59. The quantitative estimate of drug-likeness (QED) is 0.317. The fourth-order valence-corrected chi connectivity index (χ4v) is 5.54. The maximum Gasteiger partial charge on any atom is 0.336 e. The number of para-hydroxylation sites is 1. The van der Waals surface area contributed by atoms with Gasteiger partial charge in [0, 0.05) is 61.9 Å². The van der Waals surface area contributed by atoms with Gasteiger partial charge in [-0.1, -0.05) is 24.3 Å². The van der Waals surface area contributed by atoms with E-state index in [1.807, 2.05) is 41.3 Å². The molecule has 6 rings (SSSR count). The van der Waals surface area contributed by atoms with Gasteiger partial charge in [0.05, 0.1) is 19.6 Å². The lowest BCUT2D eigenvalue weighted by Crippen LogP contribution is -2.49. The number of fused-ring (bicyclic) bond motifs is 2. The Bertz CT molecular complexity index is 1590. The van der Waals surface area contributed by atoms with Crippen LogP contribution >= 0.6 is 0 Å². The summed E-state index contributed by atoms with van der Waals surface area (Å²) in [6, 6.07) is 20.6. The van der Waals surface area contributed by atoms with E-state index in [0.29, 0.717) is 52.6 Å². The minimum Gasteiger partial charge on any atom is -0.496 e. The highest BCUT2D eigenvalue weighted by Crippen LogP contribution is 2.45. The molecule has 4 aromatic rings. The molecule has 1 fully saturated rings. The Morgan fingerprint density at radius 3 is 2.38 bits per heavy atom. The predicted molar refractivity (Wildman–Crippen MR) is 150 cm³/mol. The first kappa shape index (κ1) is 25.6. The molecule has 3 heterocycles. The van der Waals surface area contributed by atoms with E-state index in [1.165, 1.54) is 6.07 Å². The molecule has 2 aliphatic rings. The number of amides is 1. The lowest BCUT2D eigenvalue weighted by Gasteiger charge is -2.37. The van der Waals surface area contributed by atoms with E-state index < -0.39 is 11.5 Å². The second-order valence-corrected chi connectivity index (χ2v) is 9.76. The molecule has 1 aromatic heterocycles. The minimum atomic E-state index is -0.503. The molecule has 2 aliphatic heterocycles. The zero-order valence-corrected chi connectivity index (χ0v) is 22.4.